The van der Waals surface area contributed by atoms with Gasteiger partial charge in [0, 0.05) is 6.04 Å². The number of alkyl halides is 3. The van der Waals surface area contributed by atoms with Gasteiger partial charge < -0.3 is 5.73 Å². The highest BCUT2D eigenvalue weighted by atomic mass is 19.4. The summed E-state index contributed by atoms with van der Waals surface area (Å²) in [5.41, 5.74) is 6.17. The second kappa shape index (κ2) is 4.37. The molecule has 0 radical (unpaired) electrons. The molecule has 2 N–H and O–H groups in total. The maximum atomic E-state index is 12.3. The quantitative estimate of drug-likeness (QED) is 0.847. The SMILES string of the molecule is NC(CC(F)(F)F)c1cccc2ccccc12. The van der Waals surface area contributed by atoms with Gasteiger partial charge in [0.15, 0.2) is 0 Å². The monoisotopic (exact) mass is 239 g/mol. The number of nitrogens with two attached hydrogens (primary N) is 1. The molecule has 1 unspecified atom stereocenters. The van der Waals surface area contributed by atoms with Crippen molar-refractivity contribution in [2.24, 2.45) is 5.73 Å². The smallest absolute Gasteiger partial charge is 0.324 e. The Balaban J connectivity index is 2.41. The van der Waals surface area contributed by atoms with E-state index in [2.05, 4.69) is 0 Å². The van der Waals surface area contributed by atoms with Crippen LogP contribution in [0.5, 0.6) is 0 Å². The number of hydrogen-bond donors (Lipinski definition) is 1. The first-order chi connectivity index (χ1) is 7.97. The molecule has 90 valence electrons. The Morgan fingerprint density at radius 1 is 1.00 bits per heavy atom. The van der Waals surface area contributed by atoms with Crippen molar-refractivity contribution in [2.75, 3.05) is 0 Å². The zero-order chi connectivity index (χ0) is 12.5. The summed E-state index contributed by atoms with van der Waals surface area (Å²) >= 11 is 0. The second-order valence-corrected chi connectivity index (χ2v) is 3.99. The molecule has 2 aromatic rings. The van der Waals surface area contributed by atoms with Crippen molar-refractivity contribution in [3.63, 3.8) is 0 Å². The van der Waals surface area contributed by atoms with Crippen LogP contribution in [0.15, 0.2) is 42.5 Å². The number of rotatable bonds is 2. The lowest BCUT2D eigenvalue weighted by Crippen LogP contribution is -2.20. The van der Waals surface area contributed by atoms with Gasteiger partial charge in [-0.15, -0.1) is 0 Å². The fourth-order valence-corrected chi connectivity index (χ4v) is 1.93. The molecule has 0 amide bonds. The molecule has 0 heterocycles. The third kappa shape index (κ3) is 2.77. The van der Waals surface area contributed by atoms with Crippen molar-refractivity contribution in [1.82, 2.24) is 0 Å². The van der Waals surface area contributed by atoms with Crippen LogP contribution in [0.4, 0.5) is 13.2 Å². The minimum atomic E-state index is -4.24. The number of halogens is 3. The lowest BCUT2D eigenvalue weighted by atomic mass is 9.97. The topological polar surface area (TPSA) is 26.0 Å². The van der Waals surface area contributed by atoms with Crippen LogP contribution in [0.25, 0.3) is 10.8 Å². The zero-order valence-corrected chi connectivity index (χ0v) is 9.04. The van der Waals surface area contributed by atoms with Crippen LogP contribution < -0.4 is 5.73 Å². The Kier molecular flexibility index (Phi) is 3.07. The van der Waals surface area contributed by atoms with Gasteiger partial charge in [0.2, 0.25) is 0 Å². The molecule has 0 aliphatic heterocycles. The molecule has 2 rings (SSSR count). The summed E-state index contributed by atoms with van der Waals surface area (Å²) in [6.07, 6.45) is -5.24. The number of hydrogen-bond acceptors (Lipinski definition) is 1. The number of benzene rings is 2. The Labute approximate surface area is 97.0 Å². The summed E-state index contributed by atoms with van der Waals surface area (Å²) in [5, 5.41) is 1.69. The molecule has 1 nitrogen and oxygen atoms in total. The van der Waals surface area contributed by atoms with Gasteiger partial charge in [-0.25, -0.2) is 0 Å². The molecule has 0 spiro atoms. The van der Waals surface area contributed by atoms with Crippen molar-refractivity contribution < 1.29 is 13.2 Å². The lowest BCUT2D eigenvalue weighted by molar-refractivity contribution is -0.138. The van der Waals surface area contributed by atoms with Crippen LogP contribution in [0.2, 0.25) is 0 Å². The van der Waals surface area contributed by atoms with Crippen LogP contribution in [0.3, 0.4) is 0 Å². The molecule has 0 aliphatic carbocycles. The molecule has 17 heavy (non-hydrogen) atoms. The van der Waals surface area contributed by atoms with Crippen LogP contribution in [-0.4, -0.2) is 6.18 Å². The minimum Gasteiger partial charge on any atom is -0.324 e. The molecule has 4 heteroatoms. The maximum Gasteiger partial charge on any atom is 0.390 e. The van der Waals surface area contributed by atoms with E-state index in [4.69, 9.17) is 5.73 Å². The van der Waals surface area contributed by atoms with E-state index in [9.17, 15) is 13.2 Å². The lowest BCUT2D eigenvalue weighted by Gasteiger charge is -2.16. The highest BCUT2D eigenvalue weighted by Crippen LogP contribution is 2.31. The molecule has 1 atom stereocenters. The fourth-order valence-electron chi connectivity index (χ4n) is 1.93. The highest BCUT2D eigenvalue weighted by Gasteiger charge is 2.31. The zero-order valence-electron chi connectivity index (χ0n) is 9.04. The molecule has 0 saturated carbocycles. The Morgan fingerprint density at radius 2 is 1.65 bits per heavy atom. The van der Waals surface area contributed by atoms with E-state index in [0.717, 1.165) is 10.8 Å². The normalized spacial score (nSPS) is 13.9. The van der Waals surface area contributed by atoms with Gasteiger partial charge in [-0.3, -0.25) is 0 Å². The summed E-state index contributed by atoms with van der Waals surface area (Å²) in [4.78, 5) is 0. The molecule has 0 bridgehead atoms. The second-order valence-electron chi connectivity index (χ2n) is 3.99. The molecule has 0 aromatic heterocycles. The summed E-state index contributed by atoms with van der Waals surface area (Å²) in [7, 11) is 0. The Bertz CT molecular complexity index is 514. The first-order valence-corrected chi connectivity index (χ1v) is 5.27. The average molecular weight is 239 g/mol. The van der Waals surface area contributed by atoms with E-state index >= 15 is 0 Å². The number of fused-ring (bicyclic) bond motifs is 1. The average Bonchev–Trinajstić information content (AvgIpc) is 2.26. The third-order valence-electron chi connectivity index (χ3n) is 2.67. The van der Waals surface area contributed by atoms with Crippen LogP contribution >= 0.6 is 0 Å². The summed E-state index contributed by atoms with van der Waals surface area (Å²) in [6, 6.07) is 11.5. The predicted octanol–water partition coefficient (Wildman–Crippen LogP) is 3.79. The van der Waals surface area contributed by atoms with Crippen molar-refractivity contribution in [1.29, 1.82) is 0 Å². The van der Waals surface area contributed by atoms with E-state index < -0.39 is 18.6 Å². The predicted molar refractivity (Wildman–Crippen MR) is 61.5 cm³/mol. The van der Waals surface area contributed by atoms with Crippen molar-refractivity contribution in [3.05, 3.63) is 48.0 Å². The molecular weight excluding hydrogens is 227 g/mol. The van der Waals surface area contributed by atoms with E-state index in [-0.39, 0.29) is 0 Å². The molecule has 0 aliphatic rings. The van der Waals surface area contributed by atoms with E-state index in [0.29, 0.717) is 5.56 Å². The molecule has 0 fully saturated rings. The highest BCUT2D eigenvalue weighted by molar-refractivity contribution is 5.86. The van der Waals surface area contributed by atoms with Crippen molar-refractivity contribution >= 4 is 10.8 Å². The summed E-state index contributed by atoms with van der Waals surface area (Å²) < 4.78 is 36.9. The van der Waals surface area contributed by atoms with E-state index in [1.165, 1.54) is 0 Å². The van der Waals surface area contributed by atoms with E-state index in [1.54, 1.807) is 24.3 Å². The Morgan fingerprint density at radius 3 is 2.35 bits per heavy atom. The molecule has 0 saturated heterocycles. The van der Waals surface area contributed by atoms with Crippen LogP contribution in [0, 0.1) is 0 Å². The van der Waals surface area contributed by atoms with Gasteiger partial charge in [0.1, 0.15) is 0 Å². The summed E-state index contributed by atoms with van der Waals surface area (Å²) in [6.45, 7) is 0. The first-order valence-electron chi connectivity index (χ1n) is 5.27. The Hall–Kier alpha value is -1.55. The van der Waals surface area contributed by atoms with Crippen LogP contribution in [-0.2, 0) is 0 Å². The fraction of sp³-hybridized carbons (Fsp3) is 0.231. The third-order valence-corrected chi connectivity index (χ3v) is 2.67. The molecule has 2 aromatic carbocycles. The van der Waals surface area contributed by atoms with Gasteiger partial charge in [0.05, 0.1) is 6.42 Å². The minimum absolute atomic E-state index is 0.542. The van der Waals surface area contributed by atoms with Gasteiger partial charge in [-0.2, -0.15) is 13.2 Å². The van der Waals surface area contributed by atoms with E-state index in [1.807, 2.05) is 18.2 Å². The van der Waals surface area contributed by atoms with Crippen molar-refractivity contribution in [2.45, 2.75) is 18.6 Å². The largest absolute Gasteiger partial charge is 0.390 e. The van der Waals surface area contributed by atoms with Gasteiger partial charge >= 0.3 is 6.18 Å². The van der Waals surface area contributed by atoms with Crippen molar-refractivity contribution in [3.8, 4) is 0 Å². The molecular formula is C13H12F3N. The van der Waals surface area contributed by atoms with Crippen LogP contribution in [0.1, 0.15) is 18.0 Å². The first kappa shape index (κ1) is 11.9. The standard InChI is InChI=1S/C13H12F3N/c14-13(15,16)8-12(17)11-7-3-5-9-4-1-2-6-10(9)11/h1-7,12H,8,17H2. The summed E-state index contributed by atoms with van der Waals surface area (Å²) in [5.74, 6) is 0. The van der Waals surface area contributed by atoms with Gasteiger partial charge in [-0.05, 0) is 16.3 Å². The van der Waals surface area contributed by atoms with Gasteiger partial charge in [-0.1, -0.05) is 42.5 Å². The van der Waals surface area contributed by atoms with Gasteiger partial charge in [0.25, 0.3) is 0 Å². The maximum absolute atomic E-state index is 12.3.